The van der Waals surface area contributed by atoms with Crippen LogP contribution in [0.1, 0.15) is 30.7 Å². The lowest BCUT2D eigenvalue weighted by Crippen LogP contribution is -2.19. The Morgan fingerprint density at radius 3 is 2.82 bits per heavy atom. The van der Waals surface area contributed by atoms with Gasteiger partial charge in [0.2, 0.25) is 0 Å². The number of nitrogens with zero attached hydrogens (tertiary/aromatic N) is 3. The molecule has 0 bridgehead atoms. The summed E-state index contributed by atoms with van der Waals surface area (Å²) < 4.78 is 11.6. The van der Waals surface area contributed by atoms with Crippen LogP contribution in [0, 0.1) is 6.92 Å². The van der Waals surface area contributed by atoms with Crippen LogP contribution < -0.4 is 10.1 Å². The van der Waals surface area contributed by atoms with Crippen LogP contribution in [0.25, 0.3) is 22.2 Å². The van der Waals surface area contributed by atoms with Crippen molar-refractivity contribution in [2.45, 2.75) is 32.4 Å². The van der Waals surface area contributed by atoms with Gasteiger partial charge in [-0.15, -0.1) is 0 Å². The predicted molar refractivity (Wildman–Crippen MR) is 130 cm³/mol. The number of pyridine rings is 2. The van der Waals surface area contributed by atoms with Gasteiger partial charge in [0.15, 0.2) is 0 Å². The summed E-state index contributed by atoms with van der Waals surface area (Å²) in [6.45, 7) is 5.26. The van der Waals surface area contributed by atoms with Gasteiger partial charge >= 0.3 is 0 Å². The van der Waals surface area contributed by atoms with Gasteiger partial charge in [0.05, 0.1) is 33.9 Å². The van der Waals surface area contributed by atoms with Gasteiger partial charge in [-0.1, -0.05) is 23.2 Å². The lowest BCUT2D eigenvalue weighted by Gasteiger charge is -2.18. The summed E-state index contributed by atoms with van der Waals surface area (Å²) in [5, 5.41) is 12.9. The first kappa shape index (κ1) is 21.9. The topological polar surface area (TPSA) is 85.0 Å². The predicted octanol–water partition coefficient (Wildman–Crippen LogP) is 5.98. The number of aromatic amines is 1. The van der Waals surface area contributed by atoms with Crippen LogP contribution in [0.3, 0.4) is 0 Å². The van der Waals surface area contributed by atoms with Crippen molar-refractivity contribution in [3.63, 3.8) is 0 Å². The molecule has 0 amide bonds. The molecule has 1 aromatic carbocycles. The molecular weight excluding hydrogens is 461 g/mol. The number of benzene rings is 1. The Balaban J connectivity index is 1.39. The Hall–Kier alpha value is -2.87. The Morgan fingerprint density at radius 2 is 2.06 bits per heavy atom. The highest BCUT2D eigenvalue weighted by Crippen LogP contribution is 2.36. The highest BCUT2D eigenvalue weighted by molar-refractivity contribution is 6.36. The molecule has 3 aromatic heterocycles. The summed E-state index contributed by atoms with van der Waals surface area (Å²) in [5.74, 6) is 1.51. The van der Waals surface area contributed by atoms with Gasteiger partial charge in [-0.3, -0.25) is 10.1 Å². The number of H-pyrrole nitrogens is 1. The first-order valence-corrected chi connectivity index (χ1v) is 11.5. The van der Waals surface area contributed by atoms with Gasteiger partial charge in [0.25, 0.3) is 0 Å². The molecule has 4 heterocycles. The number of aryl methyl sites for hydroxylation is 1. The van der Waals surface area contributed by atoms with Crippen LogP contribution in [-0.4, -0.2) is 39.4 Å². The molecule has 1 aliphatic heterocycles. The van der Waals surface area contributed by atoms with E-state index in [1.807, 2.05) is 50.4 Å². The van der Waals surface area contributed by atoms with Crippen molar-refractivity contribution in [3.05, 3.63) is 64.0 Å². The van der Waals surface area contributed by atoms with Crippen molar-refractivity contribution in [3.8, 4) is 17.0 Å². The van der Waals surface area contributed by atoms with E-state index in [2.05, 4.69) is 25.5 Å². The zero-order valence-corrected chi connectivity index (χ0v) is 19.7. The number of halogens is 2. The summed E-state index contributed by atoms with van der Waals surface area (Å²) in [7, 11) is 0. The van der Waals surface area contributed by atoms with Crippen LogP contribution in [0.2, 0.25) is 10.0 Å². The zero-order chi connectivity index (χ0) is 22.9. The van der Waals surface area contributed by atoms with Crippen LogP contribution in [0.15, 0.2) is 42.7 Å². The highest BCUT2D eigenvalue weighted by atomic mass is 35.5. The van der Waals surface area contributed by atoms with Crippen LogP contribution in [-0.2, 0) is 4.74 Å². The van der Waals surface area contributed by atoms with Crippen molar-refractivity contribution in [2.24, 2.45) is 0 Å². The van der Waals surface area contributed by atoms with E-state index in [9.17, 15) is 0 Å². The summed E-state index contributed by atoms with van der Waals surface area (Å²) in [6, 6.07) is 10.1. The minimum Gasteiger partial charge on any atom is -0.486 e. The van der Waals surface area contributed by atoms with Gasteiger partial charge in [0, 0.05) is 35.5 Å². The van der Waals surface area contributed by atoms with Gasteiger partial charge in [0.1, 0.15) is 23.4 Å². The monoisotopic (exact) mass is 483 g/mol. The minimum atomic E-state index is -0.355. The fourth-order valence-corrected chi connectivity index (χ4v) is 4.63. The summed E-state index contributed by atoms with van der Waals surface area (Å²) in [4.78, 5) is 8.75. The molecule has 5 rings (SSSR count). The van der Waals surface area contributed by atoms with Crippen LogP contribution in [0.5, 0.6) is 5.75 Å². The second kappa shape index (κ2) is 9.17. The second-order valence-corrected chi connectivity index (χ2v) is 8.88. The molecule has 1 saturated heterocycles. The number of anilines is 1. The van der Waals surface area contributed by atoms with E-state index in [-0.39, 0.29) is 6.10 Å². The van der Waals surface area contributed by atoms with E-state index in [0.717, 1.165) is 46.6 Å². The summed E-state index contributed by atoms with van der Waals surface area (Å²) in [6.07, 6.45) is 4.06. The third-order valence-corrected chi connectivity index (χ3v) is 6.53. The zero-order valence-electron chi connectivity index (χ0n) is 18.2. The molecule has 4 aromatic rings. The maximum atomic E-state index is 6.45. The fraction of sp³-hybridized carbons (Fsp3) is 0.292. The Kier molecular flexibility index (Phi) is 6.10. The van der Waals surface area contributed by atoms with Gasteiger partial charge in [-0.2, -0.15) is 5.10 Å². The van der Waals surface area contributed by atoms with E-state index in [4.69, 9.17) is 32.7 Å². The van der Waals surface area contributed by atoms with Crippen molar-refractivity contribution in [1.82, 2.24) is 20.2 Å². The normalized spacial score (nSPS) is 16.8. The third-order valence-electron chi connectivity index (χ3n) is 5.76. The molecule has 33 heavy (non-hydrogen) atoms. The van der Waals surface area contributed by atoms with Gasteiger partial charge in [-0.25, -0.2) is 4.98 Å². The molecule has 0 aliphatic carbocycles. The molecular formula is C24H23Cl2N5O2. The molecule has 1 aliphatic rings. The largest absolute Gasteiger partial charge is 0.486 e. The lowest BCUT2D eigenvalue weighted by atomic mass is 10.1. The fourth-order valence-electron chi connectivity index (χ4n) is 3.98. The Labute approximate surface area is 201 Å². The average Bonchev–Trinajstić information content (AvgIpc) is 3.47. The first-order valence-electron chi connectivity index (χ1n) is 10.8. The molecule has 9 heteroatoms. The Morgan fingerprint density at radius 1 is 1.18 bits per heavy atom. The molecule has 2 N–H and O–H groups in total. The van der Waals surface area contributed by atoms with Gasteiger partial charge < -0.3 is 14.8 Å². The van der Waals surface area contributed by atoms with Crippen LogP contribution in [0.4, 0.5) is 5.82 Å². The number of ether oxygens (including phenoxy) is 2. The second-order valence-electron chi connectivity index (χ2n) is 8.10. The summed E-state index contributed by atoms with van der Waals surface area (Å²) in [5.41, 5.74) is 4.06. The number of fused-ring (bicyclic) bond motifs is 1. The lowest BCUT2D eigenvalue weighted by molar-refractivity contribution is 0.195. The summed E-state index contributed by atoms with van der Waals surface area (Å²) >= 11 is 12.8. The van der Waals surface area contributed by atoms with E-state index in [1.54, 1.807) is 6.20 Å². The van der Waals surface area contributed by atoms with Crippen molar-refractivity contribution < 1.29 is 9.47 Å². The standard InChI is InChI=1S/C24H23Cl2N5O2/c1-13-23(26)22(19(25)11-27-13)14(2)33-17-4-5-20-18(9-17)24(31-30-20)15-3-6-21(28-10-15)29-16-7-8-32-12-16/h3-6,9-11,14,16H,7-8,12H2,1-2H3,(H,28,29)(H,30,31)/t14-,16?/m1/s1. The number of hydrogen-bond donors (Lipinski definition) is 2. The molecule has 1 unspecified atom stereocenters. The SMILES string of the molecule is Cc1ncc(Cl)c([C@@H](C)Oc2ccc3[nH]nc(-c4ccc(NC5CCOC5)nc4)c3c2)c1Cl. The number of hydrogen-bond acceptors (Lipinski definition) is 6. The number of nitrogens with one attached hydrogen (secondary N) is 2. The molecule has 7 nitrogen and oxygen atoms in total. The third kappa shape index (κ3) is 4.49. The molecule has 0 radical (unpaired) electrons. The van der Waals surface area contributed by atoms with E-state index >= 15 is 0 Å². The van der Waals surface area contributed by atoms with E-state index in [1.165, 1.54) is 0 Å². The number of aromatic nitrogens is 4. The van der Waals surface area contributed by atoms with Crippen molar-refractivity contribution in [1.29, 1.82) is 0 Å². The minimum absolute atomic E-state index is 0.308. The maximum Gasteiger partial charge on any atom is 0.126 e. The van der Waals surface area contributed by atoms with Crippen LogP contribution >= 0.6 is 23.2 Å². The molecule has 2 atom stereocenters. The van der Waals surface area contributed by atoms with E-state index < -0.39 is 0 Å². The van der Waals surface area contributed by atoms with E-state index in [0.29, 0.717) is 34.1 Å². The highest BCUT2D eigenvalue weighted by Gasteiger charge is 2.19. The molecule has 1 fully saturated rings. The number of rotatable bonds is 6. The smallest absolute Gasteiger partial charge is 0.126 e. The quantitative estimate of drug-likeness (QED) is 0.351. The molecule has 0 saturated carbocycles. The molecule has 170 valence electrons. The average molecular weight is 484 g/mol. The molecule has 0 spiro atoms. The maximum absolute atomic E-state index is 6.45. The van der Waals surface area contributed by atoms with Crippen molar-refractivity contribution >= 4 is 39.9 Å². The first-order chi connectivity index (χ1) is 16.0. The van der Waals surface area contributed by atoms with Crippen molar-refractivity contribution in [2.75, 3.05) is 18.5 Å². The van der Waals surface area contributed by atoms with Gasteiger partial charge in [-0.05, 0) is 50.6 Å². The Bertz CT molecular complexity index is 1290.